The smallest absolute Gasteiger partial charge is 0.225 e. The third kappa shape index (κ3) is 3.83. The normalized spacial score (nSPS) is 13.4. The Bertz CT molecular complexity index is 595. The van der Waals surface area contributed by atoms with Gasteiger partial charge in [-0.2, -0.15) is 5.10 Å². The fourth-order valence-electron chi connectivity index (χ4n) is 2.68. The van der Waals surface area contributed by atoms with Gasteiger partial charge in [-0.05, 0) is 29.9 Å². The molecule has 1 aromatic heterocycles. The van der Waals surface area contributed by atoms with E-state index in [1.165, 1.54) is 0 Å². The van der Waals surface area contributed by atoms with E-state index in [0.29, 0.717) is 18.2 Å². The minimum absolute atomic E-state index is 0.0269. The van der Waals surface area contributed by atoms with Crippen molar-refractivity contribution in [3.05, 3.63) is 24.3 Å². The van der Waals surface area contributed by atoms with Gasteiger partial charge < -0.3 is 5.32 Å². The van der Waals surface area contributed by atoms with Crippen molar-refractivity contribution in [1.82, 2.24) is 10.2 Å². The third-order valence-corrected chi connectivity index (χ3v) is 3.22. The Morgan fingerprint density at radius 3 is 2.75 bits per heavy atom. The lowest BCUT2D eigenvalue weighted by atomic mass is 9.84. The molecule has 20 heavy (non-hydrogen) atoms. The van der Waals surface area contributed by atoms with Crippen LogP contribution < -0.4 is 5.32 Å². The number of hydrogen-bond acceptors (Lipinski definition) is 2. The van der Waals surface area contributed by atoms with Gasteiger partial charge in [-0.25, -0.2) is 0 Å². The van der Waals surface area contributed by atoms with Gasteiger partial charge in [-0.3, -0.25) is 9.89 Å². The van der Waals surface area contributed by atoms with E-state index in [4.69, 9.17) is 0 Å². The average molecular weight is 273 g/mol. The van der Waals surface area contributed by atoms with Gasteiger partial charge in [0, 0.05) is 11.8 Å². The van der Waals surface area contributed by atoms with Gasteiger partial charge in [0.2, 0.25) is 5.91 Å². The Morgan fingerprint density at radius 1 is 1.35 bits per heavy atom. The number of aromatic nitrogens is 2. The zero-order chi connectivity index (χ0) is 14.8. The lowest BCUT2D eigenvalue weighted by Gasteiger charge is -2.22. The van der Waals surface area contributed by atoms with E-state index in [1.54, 1.807) is 0 Å². The predicted molar refractivity (Wildman–Crippen MR) is 82.6 cm³/mol. The second kappa shape index (κ2) is 5.65. The number of amides is 1. The molecular weight excluding hydrogens is 250 g/mol. The van der Waals surface area contributed by atoms with Crippen molar-refractivity contribution in [2.75, 3.05) is 5.32 Å². The number of aromatic amines is 1. The second-order valence-corrected chi connectivity index (χ2v) is 6.74. The Morgan fingerprint density at radius 2 is 2.05 bits per heavy atom. The molecule has 0 saturated heterocycles. The van der Waals surface area contributed by atoms with Crippen LogP contribution in [0.1, 0.15) is 40.5 Å². The molecule has 2 N–H and O–H groups in total. The summed E-state index contributed by atoms with van der Waals surface area (Å²) in [5.41, 5.74) is 1.18. The summed E-state index contributed by atoms with van der Waals surface area (Å²) in [6, 6.07) is 7.78. The van der Waals surface area contributed by atoms with Crippen molar-refractivity contribution in [2.45, 2.75) is 40.5 Å². The molecule has 1 unspecified atom stereocenters. The molecule has 1 aromatic carbocycles. The largest absolute Gasteiger partial charge is 0.309 e. The number of carbonyl (C=O) groups excluding carboxylic acids is 1. The van der Waals surface area contributed by atoms with Crippen LogP contribution in [0.3, 0.4) is 0 Å². The maximum absolute atomic E-state index is 12.1. The fraction of sp³-hybridized carbons (Fsp3) is 0.500. The minimum atomic E-state index is 0.0269. The molecule has 0 spiro atoms. The molecule has 1 heterocycles. The van der Waals surface area contributed by atoms with Crippen LogP contribution >= 0.6 is 0 Å². The van der Waals surface area contributed by atoms with Gasteiger partial charge in [0.05, 0.1) is 5.52 Å². The topological polar surface area (TPSA) is 57.8 Å². The maximum atomic E-state index is 12.1. The molecule has 108 valence electrons. The van der Waals surface area contributed by atoms with Crippen molar-refractivity contribution in [3.8, 4) is 0 Å². The van der Waals surface area contributed by atoms with E-state index in [0.717, 1.165) is 17.3 Å². The molecular formula is C16H23N3O. The van der Waals surface area contributed by atoms with Crippen molar-refractivity contribution >= 4 is 22.6 Å². The third-order valence-electron chi connectivity index (χ3n) is 3.22. The highest BCUT2D eigenvalue weighted by atomic mass is 16.1. The second-order valence-electron chi connectivity index (χ2n) is 6.74. The predicted octanol–water partition coefficient (Wildman–Crippen LogP) is 3.96. The van der Waals surface area contributed by atoms with E-state index in [-0.39, 0.29) is 11.3 Å². The monoisotopic (exact) mass is 273 g/mol. The zero-order valence-corrected chi connectivity index (χ0v) is 12.7. The van der Waals surface area contributed by atoms with Gasteiger partial charge in [-0.15, -0.1) is 0 Å². The lowest BCUT2D eigenvalue weighted by Crippen LogP contribution is -2.19. The minimum Gasteiger partial charge on any atom is -0.309 e. The van der Waals surface area contributed by atoms with Crippen LogP contribution in [0.25, 0.3) is 10.9 Å². The summed E-state index contributed by atoms with van der Waals surface area (Å²) >= 11 is 0. The molecule has 0 aliphatic heterocycles. The van der Waals surface area contributed by atoms with Gasteiger partial charge in [0.15, 0.2) is 5.82 Å². The SMILES string of the molecule is CC(CC(=O)Nc1n[nH]c2ccccc12)CC(C)(C)C. The number of para-hydroxylation sites is 1. The number of H-pyrrole nitrogens is 1. The summed E-state index contributed by atoms with van der Waals surface area (Å²) in [7, 11) is 0. The first-order chi connectivity index (χ1) is 9.35. The number of nitrogens with zero attached hydrogens (tertiary/aromatic N) is 1. The first kappa shape index (κ1) is 14.6. The summed E-state index contributed by atoms with van der Waals surface area (Å²) in [5.74, 6) is 1.01. The number of rotatable bonds is 4. The van der Waals surface area contributed by atoms with Crippen molar-refractivity contribution in [3.63, 3.8) is 0 Å². The van der Waals surface area contributed by atoms with Gasteiger partial charge >= 0.3 is 0 Å². The van der Waals surface area contributed by atoms with Crippen LogP contribution in [0.15, 0.2) is 24.3 Å². The average Bonchev–Trinajstić information content (AvgIpc) is 2.70. The molecule has 4 nitrogen and oxygen atoms in total. The lowest BCUT2D eigenvalue weighted by molar-refractivity contribution is -0.117. The zero-order valence-electron chi connectivity index (χ0n) is 12.7. The van der Waals surface area contributed by atoms with Crippen molar-refractivity contribution in [2.24, 2.45) is 11.3 Å². The van der Waals surface area contributed by atoms with Crippen LogP contribution in [0.4, 0.5) is 5.82 Å². The highest BCUT2D eigenvalue weighted by molar-refractivity contribution is 5.99. The van der Waals surface area contributed by atoms with E-state index in [1.807, 2.05) is 24.3 Å². The van der Waals surface area contributed by atoms with Crippen LogP contribution in [0, 0.1) is 11.3 Å². The van der Waals surface area contributed by atoms with Gasteiger partial charge in [-0.1, -0.05) is 39.8 Å². The molecule has 0 bridgehead atoms. The molecule has 1 amide bonds. The number of anilines is 1. The van der Waals surface area contributed by atoms with E-state index in [9.17, 15) is 4.79 Å². The molecule has 0 fully saturated rings. The Balaban J connectivity index is 1.98. The first-order valence-electron chi connectivity index (χ1n) is 7.08. The summed E-state index contributed by atoms with van der Waals surface area (Å²) in [4.78, 5) is 12.1. The summed E-state index contributed by atoms with van der Waals surface area (Å²) in [6.07, 6.45) is 1.56. The quantitative estimate of drug-likeness (QED) is 0.885. The number of fused-ring (bicyclic) bond motifs is 1. The maximum Gasteiger partial charge on any atom is 0.225 e. The molecule has 0 radical (unpaired) electrons. The van der Waals surface area contributed by atoms with E-state index in [2.05, 4.69) is 43.2 Å². The molecule has 0 aliphatic rings. The van der Waals surface area contributed by atoms with Crippen LogP contribution in [0.5, 0.6) is 0 Å². The molecule has 1 atom stereocenters. The van der Waals surface area contributed by atoms with Gasteiger partial charge in [0.1, 0.15) is 0 Å². The first-order valence-corrected chi connectivity index (χ1v) is 7.08. The number of carbonyl (C=O) groups is 1. The Labute approximate surface area is 120 Å². The summed E-state index contributed by atoms with van der Waals surface area (Å²) < 4.78 is 0. The highest BCUT2D eigenvalue weighted by Crippen LogP contribution is 2.26. The summed E-state index contributed by atoms with van der Waals surface area (Å²) in [5, 5.41) is 10.9. The van der Waals surface area contributed by atoms with E-state index < -0.39 is 0 Å². The highest BCUT2D eigenvalue weighted by Gasteiger charge is 2.18. The molecule has 0 aliphatic carbocycles. The fourth-order valence-corrected chi connectivity index (χ4v) is 2.68. The van der Waals surface area contributed by atoms with Crippen molar-refractivity contribution in [1.29, 1.82) is 0 Å². The van der Waals surface area contributed by atoms with Crippen LogP contribution in [-0.4, -0.2) is 16.1 Å². The number of benzene rings is 1. The Hall–Kier alpha value is -1.84. The number of hydrogen-bond donors (Lipinski definition) is 2. The van der Waals surface area contributed by atoms with Crippen LogP contribution in [0.2, 0.25) is 0 Å². The van der Waals surface area contributed by atoms with Gasteiger partial charge in [0.25, 0.3) is 0 Å². The van der Waals surface area contributed by atoms with Crippen molar-refractivity contribution < 1.29 is 4.79 Å². The molecule has 2 aromatic rings. The molecule has 4 heteroatoms. The Kier molecular flexibility index (Phi) is 4.12. The number of nitrogens with one attached hydrogen (secondary N) is 2. The van der Waals surface area contributed by atoms with E-state index >= 15 is 0 Å². The molecule has 0 saturated carbocycles. The van der Waals surface area contributed by atoms with Crippen LogP contribution in [-0.2, 0) is 4.79 Å². The molecule has 2 rings (SSSR count). The summed E-state index contributed by atoms with van der Waals surface area (Å²) in [6.45, 7) is 8.71. The standard InChI is InChI=1S/C16H23N3O/c1-11(10-16(2,3)4)9-14(20)17-15-12-7-5-6-8-13(12)18-19-15/h5-8,11H,9-10H2,1-4H3,(H2,17,18,19,20).